The molecule has 2 aromatic heterocycles. The molecule has 0 unspecified atom stereocenters. The number of methoxy groups -OCH3 is 1. The van der Waals surface area contributed by atoms with Gasteiger partial charge in [-0.25, -0.2) is 9.78 Å². The number of nitrogens with one attached hydrogen (secondary N) is 1. The molecule has 0 spiro atoms. The van der Waals surface area contributed by atoms with Gasteiger partial charge in [-0.3, -0.25) is 0 Å². The van der Waals surface area contributed by atoms with Gasteiger partial charge in [0.25, 0.3) is 0 Å². The van der Waals surface area contributed by atoms with Crippen LogP contribution in [0.25, 0.3) is 44.2 Å². The number of hydrogen-bond donors (Lipinski definition) is 2. The molecule has 0 fully saturated rings. The van der Waals surface area contributed by atoms with Gasteiger partial charge in [0.2, 0.25) is 0 Å². The minimum Gasteiger partial charge on any atom is -0.465 e. The maximum absolute atomic E-state index is 12.1. The van der Waals surface area contributed by atoms with E-state index >= 15 is 0 Å². The first-order chi connectivity index (χ1) is 14.7. The number of H-pyrrole nitrogens is 1. The smallest absolute Gasteiger partial charge is 0.337 e. The van der Waals surface area contributed by atoms with Crippen LogP contribution in [0.2, 0.25) is 0 Å². The summed E-state index contributed by atoms with van der Waals surface area (Å²) >= 11 is 0. The summed E-state index contributed by atoms with van der Waals surface area (Å²) in [6, 6.07) is 23.4. The van der Waals surface area contributed by atoms with Crippen LogP contribution >= 0.6 is 0 Å². The molecular formula is C25H19N3O2. The van der Waals surface area contributed by atoms with Crippen LogP contribution in [-0.4, -0.2) is 23.0 Å². The van der Waals surface area contributed by atoms with Crippen LogP contribution in [0.5, 0.6) is 0 Å². The first-order valence-corrected chi connectivity index (χ1v) is 9.60. The predicted octanol–water partition coefficient (Wildman–Crippen LogP) is 5.42. The number of fused-ring (bicyclic) bond motifs is 3. The standard InChI is InChI=1S/C25H19N3O2/c1-30-25(29)17-9-5-8-16(12-17)20-14-27-24-23(22(20)15-6-3-2-4-7-15)19-13-18(26)10-11-21(19)28-24/h2-14H,26H2,1H3,(H,27,28). The third-order valence-electron chi connectivity index (χ3n) is 5.30. The lowest BCUT2D eigenvalue weighted by Crippen LogP contribution is -2.01. The molecule has 5 heteroatoms. The Morgan fingerprint density at radius 1 is 0.967 bits per heavy atom. The molecule has 5 aromatic rings. The van der Waals surface area contributed by atoms with E-state index in [2.05, 4.69) is 17.1 Å². The highest BCUT2D eigenvalue weighted by Gasteiger charge is 2.18. The van der Waals surface area contributed by atoms with Crippen molar-refractivity contribution >= 4 is 33.6 Å². The van der Waals surface area contributed by atoms with Gasteiger partial charge >= 0.3 is 5.97 Å². The van der Waals surface area contributed by atoms with E-state index in [1.807, 2.05) is 60.8 Å². The Balaban J connectivity index is 1.88. The quantitative estimate of drug-likeness (QED) is 0.317. The van der Waals surface area contributed by atoms with Crippen molar-refractivity contribution in [3.05, 3.63) is 84.6 Å². The van der Waals surface area contributed by atoms with Gasteiger partial charge in [-0.05, 0) is 41.5 Å². The van der Waals surface area contributed by atoms with Crippen molar-refractivity contribution in [1.29, 1.82) is 0 Å². The van der Waals surface area contributed by atoms with Crippen molar-refractivity contribution in [3.63, 3.8) is 0 Å². The number of pyridine rings is 1. The summed E-state index contributed by atoms with van der Waals surface area (Å²) in [5, 5.41) is 2.02. The zero-order valence-corrected chi connectivity index (χ0v) is 16.3. The molecule has 0 saturated heterocycles. The van der Waals surface area contributed by atoms with E-state index in [1.54, 1.807) is 6.07 Å². The second-order valence-electron chi connectivity index (χ2n) is 7.14. The largest absolute Gasteiger partial charge is 0.465 e. The van der Waals surface area contributed by atoms with Crippen molar-refractivity contribution in [2.45, 2.75) is 0 Å². The molecule has 3 N–H and O–H groups in total. The maximum atomic E-state index is 12.1. The number of hydrogen-bond acceptors (Lipinski definition) is 4. The van der Waals surface area contributed by atoms with Crippen LogP contribution in [0.3, 0.4) is 0 Å². The Hall–Kier alpha value is -4.12. The number of aromatic amines is 1. The lowest BCUT2D eigenvalue weighted by Gasteiger charge is -2.13. The molecule has 0 aliphatic rings. The van der Waals surface area contributed by atoms with Crippen molar-refractivity contribution in [3.8, 4) is 22.3 Å². The number of esters is 1. The number of benzene rings is 3. The van der Waals surface area contributed by atoms with Gasteiger partial charge in [-0.15, -0.1) is 0 Å². The number of nitrogens with two attached hydrogens (primary N) is 1. The normalized spacial score (nSPS) is 11.1. The van der Waals surface area contributed by atoms with E-state index in [9.17, 15) is 4.79 Å². The van der Waals surface area contributed by atoms with E-state index in [-0.39, 0.29) is 5.97 Å². The first kappa shape index (κ1) is 17.9. The number of carbonyl (C=O) groups is 1. The lowest BCUT2D eigenvalue weighted by molar-refractivity contribution is 0.0601. The molecule has 0 atom stereocenters. The van der Waals surface area contributed by atoms with Gasteiger partial charge in [-0.1, -0.05) is 42.5 Å². The minimum atomic E-state index is -0.369. The third kappa shape index (κ3) is 2.88. The van der Waals surface area contributed by atoms with E-state index in [1.165, 1.54) is 7.11 Å². The highest BCUT2D eigenvalue weighted by atomic mass is 16.5. The molecule has 3 aromatic carbocycles. The molecule has 2 heterocycles. The van der Waals surface area contributed by atoms with Crippen molar-refractivity contribution in [2.24, 2.45) is 0 Å². The molecule has 146 valence electrons. The fourth-order valence-electron chi connectivity index (χ4n) is 3.93. The Kier molecular flexibility index (Phi) is 4.21. The molecule has 0 amide bonds. The zero-order chi connectivity index (χ0) is 20.7. The Bertz CT molecular complexity index is 1400. The lowest BCUT2D eigenvalue weighted by atomic mass is 9.92. The van der Waals surface area contributed by atoms with Gasteiger partial charge in [-0.2, -0.15) is 0 Å². The van der Waals surface area contributed by atoms with E-state index in [4.69, 9.17) is 15.5 Å². The number of aromatic nitrogens is 2. The number of ether oxygens (including phenoxy) is 1. The molecule has 5 rings (SSSR count). The van der Waals surface area contributed by atoms with Gasteiger partial charge in [0.15, 0.2) is 0 Å². The average molecular weight is 393 g/mol. The van der Waals surface area contributed by atoms with Crippen molar-refractivity contribution in [1.82, 2.24) is 9.97 Å². The van der Waals surface area contributed by atoms with Gasteiger partial charge in [0.05, 0.1) is 12.7 Å². The summed E-state index contributed by atoms with van der Waals surface area (Å²) in [5.41, 5.74) is 13.0. The second-order valence-corrected chi connectivity index (χ2v) is 7.14. The van der Waals surface area contributed by atoms with Crippen LogP contribution in [0.15, 0.2) is 79.0 Å². The Morgan fingerprint density at radius 2 is 1.77 bits per heavy atom. The number of anilines is 1. The van der Waals surface area contributed by atoms with Crippen LogP contribution in [0.1, 0.15) is 10.4 Å². The molecule has 0 aliphatic heterocycles. The molecule has 0 aliphatic carbocycles. The number of nitrogens with zero attached hydrogens (tertiary/aromatic N) is 1. The molecule has 30 heavy (non-hydrogen) atoms. The van der Waals surface area contributed by atoms with E-state index in [0.29, 0.717) is 11.3 Å². The Morgan fingerprint density at radius 3 is 2.57 bits per heavy atom. The highest BCUT2D eigenvalue weighted by Crippen LogP contribution is 2.40. The molecular weight excluding hydrogens is 374 g/mol. The maximum Gasteiger partial charge on any atom is 0.337 e. The summed E-state index contributed by atoms with van der Waals surface area (Å²) in [6.45, 7) is 0. The Labute approximate surface area is 173 Å². The summed E-state index contributed by atoms with van der Waals surface area (Å²) in [6.07, 6.45) is 1.85. The minimum absolute atomic E-state index is 0.369. The second kappa shape index (κ2) is 7.04. The van der Waals surface area contributed by atoms with Crippen LogP contribution < -0.4 is 5.73 Å². The average Bonchev–Trinajstić information content (AvgIpc) is 3.16. The van der Waals surface area contributed by atoms with Gasteiger partial charge < -0.3 is 15.5 Å². The monoisotopic (exact) mass is 393 g/mol. The molecule has 0 bridgehead atoms. The highest BCUT2D eigenvalue weighted by molar-refractivity contribution is 6.16. The predicted molar refractivity (Wildman–Crippen MR) is 120 cm³/mol. The summed E-state index contributed by atoms with van der Waals surface area (Å²) in [7, 11) is 1.38. The van der Waals surface area contributed by atoms with Gasteiger partial charge in [0, 0.05) is 39.3 Å². The first-order valence-electron chi connectivity index (χ1n) is 9.60. The SMILES string of the molecule is COC(=O)c1cccc(-c2cnc3[nH]c4ccc(N)cc4c3c2-c2ccccc2)c1. The van der Waals surface area contributed by atoms with Crippen LogP contribution in [-0.2, 0) is 4.74 Å². The third-order valence-corrected chi connectivity index (χ3v) is 5.30. The van der Waals surface area contributed by atoms with E-state index < -0.39 is 0 Å². The fraction of sp³-hybridized carbons (Fsp3) is 0.0400. The number of carbonyl (C=O) groups excluding carboxylic acids is 1. The zero-order valence-electron chi connectivity index (χ0n) is 16.3. The fourth-order valence-corrected chi connectivity index (χ4v) is 3.93. The molecule has 5 nitrogen and oxygen atoms in total. The number of nitrogen functional groups attached to an aromatic ring is 1. The topological polar surface area (TPSA) is 81.0 Å². The summed E-state index contributed by atoms with van der Waals surface area (Å²) < 4.78 is 4.90. The van der Waals surface area contributed by atoms with E-state index in [0.717, 1.165) is 44.2 Å². The van der Waals surface area contributed by atoms with Crippen LogP contribution in [0.4, 0.5) is 5.69 Å². The molecule has 0 saturated carbocycles. The number of rotatable bonds is 3. The summed E-state index contributed by atoms with van der Waals surface area (Å²) in [5.74, 6) is -0.369. The van der Waals surface area contributed by atoms with Crippen molar-refractivity contribution < 1.29 is 9.53 Å². The van der Waals surface area contributed by atoms with Crippen molar-refractivity contribution in [2.75, 3.05) is 12.8 Å². The summed E-state index contributed by atoms with van der Waals surface area (Å²) in [4.78, 5) is 20.2. The molecule has 0 radical (unpaired) electrons. The van der Waals surface area contributed by atoms with Gasteiger partial charge in [0.1, 0.15) is 5.65 Å². The van der Waals surface area contributed by atoms with Crippen LogP contribution in [0, 0.1) is 0 Å².